The van der Waals surface area contributed by atoms with E-state index in [1.807, 2.05) is 12.1 Å². The van der Waals surface area contributed by atoms with Crippen LogP contribution in [0.2, 0.25) is 0 Å². The number of anilines is 1. The van der Waals surface area contributed by atoms with Crippen molar-refractivity contribution in [1.82, 2.24) is 4.98 Å². The van der Waals surface area contributed by atoms with Crippen molar-refractivity contribution in [3.05, 3.63) is 18.3 Å². The third-order valence-electron chi connectivity index (χ3n) is 3.35. The normalized spacial score (nSPS) is 21.1. The Bertz CT molecular complexity index is 357. The van der Waals surface area contributed by atoms with E-state index < -0.39 is 0 Å². The molecule has 0 bridgehead atoms. The van der Waals surface area contributed by atoms with Gasteiger partial charge in [0.15, 0.2) is 0 Å². The SMILES string of the molecule is COc1cc(N2CCCCCC2CO)ccn1. The largest absolute Gasteiger partial charge is 0.481 e. The Morgan fingerprint density at radius 2 is 2.35 bits per heavy atom. The molecule has 1 saturated heterocycles. The lowest BCUT2D eigenvalue weighted by molar-refractivity contribution is 0.255. The second kappa shape index (κ2) is 5.87. The molecule has 1 fully saturated rings. The molecule has 1 aliphatic rings. The zero-order valence-electron chi connectivity index (χ0n) is 10.3. The van der Waals surface area contributed by atoms with Gasteiger partial charge in [-0.3, -0.25) is 0 Å². The molecular weight excluding hydrogens is 216 g/mol. The van der Waals surface area contributed by atoms with E-state index >= 15 is 0 Å². The van der Waals surface area contributed by atoms with Gasteiger partial charge in [-0.1, -0.05) is 12.8 Å². The van der Waals surface area contributed by atoms with E-state index in [0.29, 0.717) is 5.88 Å². The predicted octanol–water partition coefficient (Wildman–Crippen LogP) is 1.83. The van der Waals surface area contributed by atoms with Gasteiger partial charge in [-0.05, 0) is 18.9 Å². The van der Waals surface area contributed by atoms with Gasteiger partial charge in [0.25, 0.3) is 0 Å². The molecular formula is C13H20N2O2. The standard InChI is InChI=1S/C13H20N2O2/c1-17-13-9-11(6-7-14-13)15-8-4-2-3-5-12(15)10-16/h6-7,9,12,16H,2-5,8,10H2,1H3. The molecule has 17 heavy (non-hydrogen) atoms. The Morgan fingerprint density at radius 1 is 1.47 bits per heavy atom. The first-order valence-corrected chi connectivity index (χ1v) is 6.22. The molecule has 0 amide bonds. The summed E-state index contributed by atoms with van der Waals surface area (Å²) in [5, 5.41) is 9.49. The maximum absolute atomic E-state index is 9.49. The summed E-state index contributed by atoms with van der Waals surface area (Å²) in [5.74, 6) is 0.628. The molecule has 94 valence electrons. The quantitative estimate of drug-likeness (QED) is 0.869. The second-order valence-electron chi connectivity index (χ2n) is 4.44. The van der Waals surface area contributed by atoms with Crippen molar-refractivity contribution in [3.63, 3.8) is 0 Å². The summed E-state index contributed by atoms with van der Waals surface area (Å²) >= 11 is 0. The third-order valence-corrected chi connectivity index (χ3v) is 3.35. The summed E-state index contributed by atoms with van der Waals surface area (Å²) in [6, 6.07) is 4.15. The minimum Gasteiger partial charge on any atom is -0.481 e. The van der Waals surface area contributed by atoms with Crippen molar-refractivity contribution < 1.29 is 9.84 Å². The Hall–Kier alpha value is -1.29. The average Bonchev–Trinajstić information content (AvgIpc) is 2.63. The lowest BCUT2D eigenvalue weighted by Crippen LogP contribution is -2.37. The van der Waals surface area contributed by atoms with Crippen LogP contribution in [0, 0.1) is 0 Å². The summed E-state index contributed by atoms with van der Waals surface area (Å²) in [4.78, 5) is 6.39. The molecule has 0 radical (unpaired) electrons. The van der Waals surface area contributed by atoms with Gasteiger partial charge in [0.05, 0.1) is 19.8 Å². The number of hydrogen-bond donors (Lipinski definition) is 1. The first-order chi connectivity index (χ1) is 8.35. The number of aromatic nitrogens is 1. The summed E-state index contributed by atoms with van der Waals surface area (Å²) < 4.78 is 5.15. The Balaban J connectivity index is 2.21. The number of ether oxygens (including phenoxy) is 1. The highest BCUT2D eigenvalue weighted by Crippen LogP contribution is 2.25. The molecule has 4 nitrogen and oxygen atoms in total. The molecule has 2 rings (SSSR count). The summed E-state index contributed by atoms with van der Waals surface area (Å²) in [6.07, 6.45) is 6.44. The molecule has 2 heterocycles. The number of hydrogen-bond acceptors (Lipinski definition) is 4. The monoisotopic (exact) mass is 236 g/mol. The van der Waals surface area contributed by atoms with E-state index in [1.54, 1.807) is 13.3 Å². The van der Waals surface area contributed by atoms with Gasteiger partial charge in [0.1, 0.15) is 0 Å². The Labute approximate surface area is 102 Å². The number of aliphatic hydroxyl groups is 1. The van der Waals surface area contributed by atoms with Crippen LogP contribution in [0.5, 0.6) is 5.88 Å². The maximum Gasteiger partial charge on any atom is 0.214 e. The lowest BCUT2D eigenvalue weighted by atomic mass is 10.1. The fourth-order valence-electron chi connectivity index (χ4n) is 2.40. The van der Waals surface area contributed by atoms with Crippen LogP contribution < -0.4 is 9.64 Å². The van der Waals surface area contributed by atoms with Crippen molar-refractivity contribution >= 4 is 5.69 Å². The number of aliphatic hydroxyl groups excluding tert-OH is 1. The van der Waals surface area contributed by atoms with Crippen LogP contribution in [0.15, 0.2) is 18.3 Å². The van der Waals surface area contributed by atoms with Crippen LogP contribution in [0.4, 0.5) is 5.69 Å². The summed E-state index contributed by atoms with van der Waals surface area (Å²) in [6.45, 7) is 1.21. The molecule has 1 aromatic heterocycles. The summed E-state index contributed by atoms with van der Waals surface area (Å²) in [7, 11) is 1.62. The van der Waals surface area contributed by atoms with Crippen LogP contribution in [-0.4, -0.2) is 36.4 Å². The molecule has 1 atom stereocenters. The van der Waals surface area contributed by atoms with Crippen LogP contribution in [0.25, 0.3) is 0 Å². The number of pyridine rings is 1. The lowest BCUT2D eigenvalue weighted by Gasteiger charge is -2.30. The molecule has 1 aliphatic heterocycles. The predicted molar refractivity (Wildman–Crippen MR) is 67.5 cm³/mol. The average molecular weight is 236 g/mol. The minimum absolute atomic E-state index is 0.213. The van der Waals surface area contributed by atoms with Gasteiger partial charge in [0.2, 0.25) is 5.88 Å². The van der Waals surface area contributed by atoms with Crippen molar-refractivity contribution in [1.29, 1.82) is 0 Å². The molecule has 0 spiro atoms. The van der Waals surface area contributed by atoms with E-state index in [1.165, 1.54) is 19.3 Å². The molecule has 1 N–H and O–H groups in total. The molecule has 1 aromatic rings. The van der Waals surface area contributed by atoms with Gasteiger partial charge < -0.3 is 14.7 Å². The van der Waals surface area contributed by atoms with E-state index in [-0.39, 0.29) is 12.6 Å². The smallest absolute Gasteiger partial charge is 0.214 e. The molecule has 0 aromatic carbocycles. The first-order valence-electron chi connectivity index (χ1n) is 6.22. The van der Waals surface area contributed by atoms with Gasteiger partial charge in [0, 0.05) is 24.5 Å². The highest BCUT2D eigenvalue weighted by Gasteiger charge is 2.20. The number of rotatable bonds is 3. The molecule has 1 unspecified atom stereocenters. The van der Waals surface area contributed by atoms with E-state index in [2.05, 4.69) is 9.88 Å². The van der Waals surface area contributed by atoms with Crippen molar-refractivity contribution in [3.8, 4) is 5.88 Å². The maximum atomic E-state index is 9.49. The molecule has 4 heteroatoms. The number of methoxy groups -OCH3 is 1. The zero-order valence-corrected chi connectivity index (χ0v) is 10.3. The Kier molecular flexibility index (Phi) is 4.20. The van der Waals surface area contributed by atoms with Crippen LogP contribution in [-0.2, 0) is 0 Å². The molecule has 0 aliphatic carbocycles. The highest BCUT2D eigenvalue weighted by molar-refractivity contribution is 5.49. The van der Waals surface area contributed by atoms with Gasteiger partial charge >= 0.3 is 0 Å². The van der Waals surface area contributed by atoms with Gasteiger partial charge in [-0.25, -0.2) is 4.98 Å². The zero-order chi connectivity index (χ0) is 12.1. The summed E-state index contributed by atoms with van der Waals surface area (Å²) in [5.41, 5.74) is 1.10. The van der Waals surface area contributed by atoms with Crippen LogP contribution in [0.1, 0.15) is 25.7 Å². The van der Waals surface area contributed by atoms with E-state index in [9.17, 15) is 5.11 Å². The van der Waals surface area contributed by atoms with Gasteiger partial charge in [-0.2, -0.15) is 0 Å². The number of nitrogens with zero attached hydrogens (tertiary/aromatic N) is 2. The van der Waals surface area contributed by atoms with E-state index in [4.69, 9.17) is 4.74 Å². The van der Waals surface area contributed by atoms with E-state index in [0.717, 1.165) is 18.7 Å². The fraction of sp³-hybridized carbons (Fsp3) is 0.615. The minimum atomic E-state index is 0.213. The first kappa shape index (κ1) is 12.2. The molecule has 0 saturated carbocycles. The van der Waals surface area contributed by atoms with Gasteiger partial charge in [-0.15, -0.1) is 0 Å². The Morgan fingerprint density at radius 3 is 3.12 bits per heavy atom. The van der Waals surface area contributed by atoms with Crippen molar-refractivity contribution in [2.45, 2.75) is 31.7 Å². The second-order valence-corrected chi connectivity index (χ2v) is 4.44. The van der Waals surface area contributed by atoms with Crippen molar-refractivity contribution in [2.75, 3.05) is 25.2 Å². The fourth-order valence-corrected chi connectivity index (χ4v) is 2.40. The topological polar surface area (TPSA) is 45.6 Å². The van der Waals surface area contributed by atoms with Crippen LogP contribution >= 0.6 is 0 Å². The van der Waals surface area contributed by atoms with Crippen LogP contribution in [0.3, 0.4) is 0 Å². The third kappa shape index (κ3) is 2.88. The van der Waals surface area contributed by atoms with Crippen molar-refractivity contribution in [2.24, 2.45) is 0 Å². The highest BCUT2D eigenvalue weighted by atomic mass is 16.5.